The lowest BCUT2D eigenvalue weighted by atomic mass is 9.88. The zero-order chi connectivity index (χ0) is 16.4. The van der Waals surface area contributed by atoms with Crippen LogP contribution in [0.25, 0.3) is 0 Å². The third-order valence-electron chi connectivity index (χ3n) is 4.05. The highest BCUT2D eigenvalue weighted by molar-refractivity contribution is 7.88. The van der Waals surface area contributed by atoms with Crippen LogP contribution in [0.3, 0.4) is 0 Å². The zero-order valence-electron chi connectivity index (χ0n) is 12.4. The predicted molar refractivity (Wildman–Crippen MR) is 94.3 cm³/mol. The first-order valence-corrected chi connectivity index (χ1v) is 9.87. The molecule has 3 nitrogen and oxygen atoms in total. The second-order valence-electron chi connectivity index (χ2n) is 5.76. The molecule has 122 valence electrons. The second-order valence-corrected chi connectivity index (χ2v) is 8.35. The Morgan fingerprint density at radius 1 is 1.13 bits per heavy atom. The highest BCUT2D eigenvalue weighted by atomic mass is 35.5. The first-order valence-electron chi connectivity index (χ1n) is 7.46. The van der Waals surface area contributed by atoms with Crippen LogP contribution >= 0.6 is 23.2 Å². The fraction of sp³-hybridized carbons (Fsp3) is 0.294. The van der Waals surface area contributed by atoms with Crippen molar-refractivity contribution in [2.75, 3.05) is 0 Å². The standard InChI is InChI=1S/C17H17Cl2NO2S/c18-14-9-8-13(16(19)10-14)11-23(21,22)20-17-7-3-5-12-4-1-2-6-15(12)17/h1-2,4,6,8-10,17,20H,3,5,7,11H2/t17-/m0/s1. The zero-order valence-corrected chi connectivity index (χ0v) is 14.8. The smallest absolute Gasteiger partial charge is 0.212 e. The van der Waals surface area contributed by atoms with Crippen LogP contribution in [0.1, 0.15) is 35.6 Å². The van der Waals surface area contributed by atoms with Crippen molar-refractivity contribution in [3.05, 3.63) is 69.2 Å². The summed E-state index contributed by atoms with van der Waals surface area (Å²) in [6.45, 7) is 0. The second kappa shape index (κ2) is 6.81. The van der Waals surface area contributed by atoms with Gasteiger partial charge in [0.1, 0.15) is 0 Å². The number of hydrogen-bond acceptors (Lipinski definition) is 2. The lowest BCUT2D eigenvalue weighted by Crippen LogP contribution is -2.32. The minimum atomic E-state index is -3.49. The SMILES string of the molecule is O=S(=O)(Cc1ccc(Cl)cc1Cl)N[C@H]1CCCc2ccccc21. The van der Waals surface area contributed by atoms with Gasteiger partial charge in [-0.15, -0.1) is 0 Å². The predicted octanol–water partition coefficient (Wildman–Crippen LogP) is 4.49. The molecule has 0 saturated heterocycles. The molecule has 0 bridgehead atoms. The Labute approximate surface area is 146 Å². The number of aryl methyl sites for hydroxylation is 1. The number of benzene rings is 2. The maximum Gasteiger partial charge on any atom is 0.216 e. The third-order valence-corrected chi connectivity index (χ3v) is 5.97. The molecular formula is C17H17Cl2NO2S. The molecule has 0 fully saturated rings. The van der Waals surface area contributed by atoms with Gasteiger partial charge in [0.15, 0.2) is 0 Å². The molecule has 3 rings (SSSR count). The molecule has 0 amide bonds. The first kappa shape index (κ1) is 16.8. The van der Waals surface area contributed by atoms with E-state index in [2.05, 4.69) is 10.8 Å². The van der Waals surface area contributed by atoms with Crippen LogP contribution in [0, 0.1) is 0 Å². The molecule has 1 aliphatic rings. The molecule has 0 unspecified atom stereocenters. The molecule has 0 heterocycles. The van der Waals surface area contributed by atoms with Crippen molar-refractivity contribution in [3.63, 3.8) is 0 Å². The molecule has 0 radical (unpaired) electrons. The quantitative estimate of drug-likeness (QED) is 0.862. The van der Waals surface area contributed by atoms with E-state index < -0.39 is 10.0 Å². The van der Waals surface area contributed by atoms with E-state index in [-0.39, 0.29) is 11.8 Å². The van der Waals surface area contributed by atoms with Crippen LogP contribution in [0.15, 0.2) is 42.5 Å². The average Bonchev–Trinajstić information content (AvgIpc) is 2.50. The summed E-state index contributed by atoms with van der Waals surface area (Å²) in [5.74, 6) is -0.151. The van der Waals surface area contributed by atoms with Gasteiger partial charge in [0, 0.05) is 16.1 Å². The maximum absolute atomic E-state index is 12.5. The Morgan fingerprint density at radius 3 is 2.70 bits per heavy atom. The van der Waals surface area contributed by atoms with Crippen LogP contribution in [0.5, 0.6) is 0 Å². The topological polar surface area (TPSA) is 46.2 Å². The van der Waals surface area contributed by atoms with Crippen molar-refractivity contribution >= 4 is 33.2 Å². The summed E-state index contributed by atoms with van der Waals surface area (Å²) in [6, 6.07) is 12.7. The van der Waals surface area contributed by atoms with Gasteiger partial charge in [-0.2, -0.15) is 0 Å². The average molecular weight is 370 g/mol. The van der Waals surface area contributed by atoms with Gasteiger partial charge in [0.2, 0.25) is 10.0 Å². The largest absolute Gasteiger partial charge is 0.216 e. The van der Waals surface area contributed by atoms with Crippen molar-refractivity contribution in [1.29, 1.82) is 0 Å². The van der Waals surface area contributed by atoms with Gasteiger partial charge in [-0.25, -0.2) is 13.1 Å². The number of hydrogen-bond donors (Lipinski definition) is 1. The monoisotopic (exact) mass is 369 g/mol. The van der Waals surface area contributed by atoms with Crippen molar-refractivity contribution in [1.82, 2.24) is 4.72 Å². The van der Waals surface area contributed by atoms with Crippen LogP contribution in [0.2, 0.25) is 10.0 Å². The van der Waals surface area contributed by atoms with Crippen LogP contribution < -0.4 is 4.72 Å². The molecule has 6 heteroatoms. The van der Waals surface area contributed by atoms with Gasteiger partial charge < -0.3 is 0 Å². The Balaban J connectivity index is 1.79. The highest BCUT2D eigenvalue weighted by Gasteiger charge is 2.25. The van der Waals surface area contributed by atoms with E-state index >= 15 is 0 Å². The molecule has 1 atom stereocenters. The van der Waals surface area contributed by atoms with E-state index in [0.29, 0.717) is 15.6 Å². The maximum atomic E-state index is 12.5. The Hall–Kier alpha value is -1.07. The molecule has 1 aliphatic carbocycles. The van der Waals surface area contributed by atoms with E-state index in [1.54, 1.807) is 18.2 Å². The summed E-state index contributed by atoms with van der Waals surface area (Å²) in [7, 11) is -3.49. The lowest BCUT2D eigenvalue weighted by molar-refractivity contribution is 0.507. The van der Waals surface area contributed by atoms with Crippen LogP contribution in [-0.4, -0.2) is 8.42 Å². The van der Waals surface area contributed by atoms with E-state index in [1.165, 1.54) is 5.56 Å². The molecular weight excluding hydrogens is 353 g/mol. The highest BCUT2D eigenvalue weighted by Crippen LogP contribution is 2.30. The Kier molecular flexibility index (Phi) is 4.97. The molecule has 1 N–H and O–H groups in total. The summed E-state index contributed by atoms with van der Waals surface area (Å²) < 4.78 is 27.8. The fourth-order valence-electron chi connectivity index (χ4n) is 2.98. The summed E-state index contributed by atoms with van der Waals surface area (Å²) >= 11 is 11.9. The van der Waals surface area contributed by atoms with Crippen LogP contribution in [0.4, 0.5) is 0 Å². The number of halogens is 2. The van der Waals surface area contributed by atoms with E-state index in [9.17, 15) is 8.42 Å². The van der Waals surface area contributed by atoms with Gasteiger partial charge in [-0.1, -0.05) is 53.5 Å². The molecule has 23 heavy (non-hydrogen) atoms. The van der Waals surface area contributed by atoms with Gasteiger partial charge in [-0.3, -0.25) is 0 Å². The Bertz CT molecular complexity index is 821. The van der Waals surface area contributed by atoms with Crippen molar-refractivity contribution in [2.45, 2.75) is 31.1 Å². The number of fused-ring (bicyclic) bond motifs is 1. The molecule has 0 aliphatic heterocycles. The minimum absolute atomic E-state index is 0.151. The van der Waals surface area contributed by atoms with Crippen molar-refractivity contribution in [2.24, 2.45) is 0 Å². The summed E-state index contributed by atoms with van der Waals surface area (Å²) in [5, 5.41) is 0.859. The lowest BCUT2D eigenvalue weighted by Gasteiger charge is -2.26. The third kappa shape index (κ3) is 4.07. The van der Waals surface area contributed by atoms with E-state index in [0.717, 1.165) is 24.8 Å². The first-order chi connectivity index (χ1) is 10.9. The van der Waals surface area contributed by atoms with Gasteiger partial charge >= 0.3 is 0 Å². The summed E-state index contributed by atoms with van der Waals surface area (Å²) in [6.07, 6.45) is 2.79. The molecule has 0 saturated carbocycles. The summed E-state index contributed by atoms with van der Waals surface area (Å²) in [4.78, 5) is 0. The molecule has 2 aromatic carbocycles. The van der Waals surface area contributed by atoms with Gasteiger partial charge in [0.05, 0.1) is 5.75 Å². The number of nitrogens with one attached hydrogen (secondary N) is 1. The van der Waals surface area contributed by atoms with Crippen LogP contribution in [-0.2, 0) is 22.2 Å². The fourth-order valence-corrected chi connectivity index (χ4v) is 4.96. The minimum Gasteiger partial charge on any atom is -0.212 e. The number of rotatable bonds is 4. The summed E-state index contributed by atoms with van der Waals surface area (Å²) in [5.41, 5.74) is 2.84. The molecule has 0 aromatic heterocycles. The normalized spacial score (nSPS) is 17.7. The van der Waals surface area contributed by atoms with Gasteiger partial charge in [-0.05, 0) is 48.1 Å². The van der Waals surface area contributed by atoms with E-state index in [4.69, 9.17) is 23.2 Å². The molecule has 0 spiro atoms. The Morgan fingerprint density at radius 2 is 1.91 bits per heavy atom. The van der Waals surface area contributed by atoms with Crippen molar-refractivity contribution in [3.8, 4) is 0 Å². The molecule has 2 aromatic rings. The number of sulfonamides is 1. The van der Waals surface area contributed by atoms with Gasteiger partial charge in [0.25, 0.3) is 0 Å². The van der Waals surface area contributed by atoms with E-state index in [1.807, 2.05) is 18.2 Å². The van der Waals surface area contributed by atoms with Crippen molar-refractivity contribution < 1.29 is 8.42 Å².